The minimum atomic E-state index is -3.35. The number of hydrogen-bond acceptors (Lipinski definition) is 4. The average molecular weight is 312 g/mol. The van der Waals surface area contributed by atoms with E-state index < -0.39 is 16.0 Å². The van der Waals surface area contributed by atoms with E-state index >= 15 is 0 Å². The van der Waals surface area contributed by atoms with Gasteiger partial charge in [0, 0.05) is 24.4 Å². The van der Waals surface area contributed by atoms with E-state index in [1.807, 2.05) is 6.07 Å². The van der Waals surface area contributed by atoms with Crippen molar-refractivity contribution in [1.29, 1.82) is 0 Å². The normalized spacial score (nSPS) is 22.9. The van der Waals surface area contributed by atoms with E-state index in [1.54, 1.807) is 18.3 Å². The zero-order chi connectivity index (χ0) is 15.3. The Balaban J connectivity index is 1.80. The highest BCUT2D eigenvalue weighted by atomic mass is 32.2. The standard InChI is InChI=1S/C14H20N2O4S/c17-14(18)11-4-6-13(7-5-11)16-21(19,20)10-8-12-3-1-2-9-15-12/h1-3,9,11,13,16H,4-8,10H2,(H,17,18). The number of sulfonamides is 1. The molecule has 1 saturated carbocycles. The molecule has 0 bridgehead atoms. The highest BCUT2D eigenvalue weighted by molar-refractivity contribution is 7.89. The summed E-state index contributed by atoms with van der Waals surface area (Å²) in [5.41, 5.74) is 0.748. The molecule has 1 fully saturated rings. The lowest BCUT2D eigenvalue weighted by Gasteiger charge is -2.26. The lowest BCUT2D eigenvalue weighted by molar-refractivity contribution is -0.142. The SMILES string of the molecule is O=C(O)C1CCC(NS(=O)(=O)CCc2ccccn2)CC1. The first-order chi connectivity index (χ1) is 9.96. The fourth-order valence-electron chi connectivity index (χ4n) is 2.56. The van der Waals surface area contributed by atoms with Gasteiger partial charge in [-0.1, -0.05) is 6.07 Å². The van der Waals surface area contributed by atoms with Crippen molar-refractivity contribution in [2.45, 2.75) is 38.1 Å². The van der Waals surface area contributed by atoms with Crippen LogP contribution < -0.4 is 4.72 Å². The molecule has 1 aliphatic rings. The van der Waals surface area contributed by atoms with Crippen LogP contribution in [0.25, 0.3) is 0 Å². The summed E-state index contributed by atoms with van der Waals surface area (Å²) in [6, 6.07) is 5.27. The van der Waals surface area contributed by atoms with Crippen LogP contribution in [0.3, 0.4) is 0 Å². The Bertz CT molecular complexity index is 566. The molecule has 2 N–H and O–H groups in total. The molecule has 116 valence electrons. The first-order valence-corrected chi connectivity index (χ1v) is 8.74. The van der Waals surface area contributed by atoms with Crippen molar-refractivity contribution >= 4 is 16.0 Å². The molecule has 21 heavy (non-hydrogen) atoms. The van der Waals surface area contributed by atoms with E-state index in [1.165, 1.54) is 0 Å². The maximum absolute atomic E-state index is 12.0. The van der Waals surface area contributed by atoms with Crippen LogP contribution in [0.15, 0.2) is 24.4 Å². The second-order valence-corrected chi connectivity index (χ2v) is 7.27. The van der Waals surface area contributed by atoms with Gasteiger partial charge in [-0.25, -0.2) is 13.1 Å². The zero-order valence-corrected chi connectivity index (χ0v) is 12.6. The second-order valence-electron chi connectivity index (χ2n) is 5.39. The molecule has 1 aliphatic carbocycles. The molecule has 1 aromatic heterocycles. The molecule has 0 saturated heterocycles. The molecule has 2 rings (SSSR count). The van der Waals surface area contributed by atoms with Gasteiger partial charge in [0.15, 0.2) is 0 Å². The van der Waals surface area contributed by atoms with E-state index in [0.29, 0.717) is 32.1 Å². The van der Waals surface area contributed by atoms with E-state index in [2.05, 4.69) is 9.71 Å². The molecular weight excluding hydrogens is 292 g/mol. The summed E-state index contributed by atoms with van der Waals surface area (Å²) < 4.78 is 26.7. The number of hydrogen-bond donors (Lipinski definition) is 2. The monoisotopic (exact) mass is 312 g/mol. The smallest absolute Gasteiger partial charge is 0.306 e. The molecule has 0 radical (unpaired) electrons. The van der Waals surface area contributed by atoms with Crippen LogP contribution in [0.1, 0.15) is 31.4 Å². The van der Waals surface area contributed by atoms with Gasteiger partial charge in [0.25, 0.3) is 0 Å². The van der Waals surface area contributed by atoms with Crippen molar-refractivity contribution in [3.8, 4) is 0 Å². The van der Waals surface area contributed by atoms with Crippen molar-refractivity contribution in [1.82, 2.24) is 9.71 Å². The lowest BCUT2D eigenvalue weighted by Crippen LogP contribution is -2.40. The molecule has 0 spiro atoms. The first-order valence-electron chi connectivity index (χ1n) is 7.09. The van der Waals surface area contributed by atoms with Gasteiger partial charge in [-0.05, 0) is 37.8 Å². The number of aliphatic carboxylic acids is 1. The van der Waals surface area contributed by atoms with Crippen LogP contribution in [0.4, 0.5) is 0 Å². The highest BCUT2D eigenvalue weighted by Gasteiger charge is 2.28. The Morgan fingerprint density at radius 2 is 2.00 bits per heavy atom. The minimum absolute atomic E-state index is 0.00285. The number of carboxylic acid groups (broad SMARTS) is 1. The summed E-state index contributed by atoms with van der Waals surface area (Å²) in [5.74, 6) is -1.12. The predicted octanol–water partition coefficient (Wildman–Crippen LogP) is 1.19. The first kappa shape index (κ1) is 15.9. The highest BCUT2D eigenvalue weighted by Crippen LogP contribution is 2.24. The van der Waals surface area contributed by atoms with Crippen LogP contribution in [-0.2, 0) is 21.2 Å². The van der Waals surface area contributed by atoms with Crippen molar-refractivity contribution < 1.29 is 18.3 Å². The maximum Gasteiger partial charge on any atom is 0.306 e. The Kier molecular flexibility index (Phi) is 5.30. The van der Waals surface area contributed by atoms with Crippen LogP contribution in [0.2, 0.25) is 0 Å². The summed E-state index contributed by atoms with van der Waals surface area (Å²) in [6.07, 6.45) is 4.24. The van der Waals surface area contributed by atoms with Crippen molar-refractivity contribution in [2.75, 3.05) is 5.75 Å². The molecule has 0 amide bonds. The van der Waals surface area contributed by atoms with Crippen LogP contribution in [-0.4, -0.2) is 36.3 Å². The van der Waals surface area contributed by atoms with Gasteiger partial charge in [0.1, 0.15) is 0 Å². The van der Waals surface area contributed by atoms with Gasteiger partial charge in [0.2, 0.25) is 10.0 Å². The van der Waals surface area contributed by atoms with Gasteiger partial charge in [-0.3, -0.25) is 9.78 Å². The van der Waals surface area contributed by atoms with Crippen molar-refractivity contribution in [2.24, 2.45) is 5.92 Å². The van der Waals surface area contributed by atoms with Crippen molar-refractivity contribution in [3.63, 3.8) is 0 Å². The largest absolute Gasteiger partial charge is 0.481 e. The van der Waals surface area contributed by atoms with Gasteiger partial charge in [0.05, 0.1) is 11.7 Å². The summed E-state index contributed by atoms with van der Waals surface area (Å²) >= 11 is 0. The average Bonchev–Trinajstić information content (AvgIpc) is 2.46. The maximum atomic E-state index is 12.0. The van der Waals surface area contributed by atoms with E-state index in [0.717, 1.165) is 5.69 Å². The minimum Gasteiger partial charge on any atom is -0.481 e. The third-order valence-electron chi connectivity index (χ3n) is 3.78. The summed E-state index contributed by atoms with van der Waals surface area (Å²) in [6.45, 7) is 0. The van der Waals surface area contributed by atoms with Crippen LogP contribution in [0.5, 0.6) is 0 Å². The summed E-state index contributed by atoms with van der Waals surface area (Å²) in [4.78, 5) is 15.0. The molecule has 0 aliphatic heterocycles. The van der Waals surface area contributed by atoms with Gasteiger partial charge < -0.3 is 5.11 Å². The van der Waals surface area contributed by atoms with Crippen LogP contribution in [0, 0.1) is 5.92 Å². The molecule has 7 heteroatoms. The summed E-state index contributed by atoms with van der Waals surface area (Å²) in [7, 11) is -3.35. The van der Waals surface area contributed by atoms with E-state index in [-0.39, 0.29) is 17.7 Å². The lowest BCUT2D eigenvalue weighted by atomic mass is 9.87. The Labute approximate surface area is 124 Å². The molecule has 6 nitrogen and oxygen atoms in total. The number of rotatable bonds is 6. The Morgan fingerprint density at radius 3 is 2.57 bits per heavy atom. The molecule has 0 atom stereocenters. The predicted molar refractivity (Wildman–Crippen MR) is 78.2 cm³/mol. The Hall–Kier alpha value is -1.47. The van der Waals surface area contributed by atoms with E-state index in [4.69, 9.17) is 5.11 Å². The fourth-order valence-corrected chi connectivity index (χ4v) is 3.90. The topological polar surface area (TPSA) is 96.4 Å². The zero-order valence-electron chi connectivity index (χ0n) is 11.7. The van der Waals surface area contributed by atoms with Gasteiger partial charge in [-0.15, -0.1) is 0 Å². The van der Waals surface area contributed by atoms with Gasteiger partial charge >= 0.3 is 5.97 Å². The second kappa shape index (κ2) is 7.00. The summed E-state index contributed by atoms with van der Waals surface area (Å²) in [5, 5.41) is 8.92. The fraction of sp³-hybridized carbons (Fsp3) is 0.571. The number of aromatic nitrogens is 1. The number of carboxylic acids is 1. The molecular formula is C14H20N2O4S. The number of carbonyl (C=O) groups is 1. The quantitative estimate of drug-likeness (QED) is 0.822. The number of pyridine rings is 1. The molecule has 0 unspecified atom stereocenters. The molecule has 1 aromatic rings. The van der Waals surface area contributed by atoms with Crippen LogP contribution >= 0.6 is 0 Å². The number of nitrogens with zero attached hydrogens (tertiary/aromatic N) is 1. The number of nitrogens with one attached hydrogen (secondary N) is 1. The van der Waals surface area contributed by atoms with Gasteiger partial charge in [-0.2, -0.15) is 0 Å². The third-order valence-corrected chi connectivity index (χ3v) is 5.21. The molecule has 1 heterocycles. The van der Waals surface area contributed by atoms with E-state index in [9.17, 15) is 13.2 Å². The number of aryl methyl sites for hydroxylation is 1. The third kappa shape index (κ3) is 5.09. The Morgan fingerprint density at radius 1 is 1.29 bits per heavy atom. The molecule has 0 aromatic carbocycles. The van der Waals surface area contributed by atoms with Crippen molar-refractivity contribution in [3.05, 3.63) is 30.1 Å².